The second-order valence-corrected chi connectivity index (χ2v) is 8.54. The van der Waals surface area contributed by atoms with Crippen molar-refractivity contribution in [3.8, 4) is 5.75 Å². The molecule has 0 aromatic heterocycles. The molecule has 26 heavy (non-hydrogen) atoms. The van der Waals surface area contributed by atoms with Gasteiger partial charge in [-0.25, -0.2) is 0 Å². The minimum Gasteiger partial charge on any atom is -0.490 e. The summed E-state index contributed by atoms with van der Waals surface area (Å²) in [6, 6.07) is 10.2. The Hall–Kier alpha value is -1.10. The van der Waals surface area contributed by atoms with E-state index in [1.54, 1.807) is 0 Å². The van der Waals surface area contributed by atoms with Gasteiger partial charge in [0.15, 0.2) is 0 Å². The molecule has 4 nitrogen and oxygen atoms in total. The molecule has 0 N–H and O–H groups in total. The van der Waals surface area contributed by atoms with Crippen molar-refractivity contribution < 1.29 is 4.74 Å². The number of hydrogen-bond acceptors (Lipinski definition) is 4. The Bertz CT molecular complexity index is 529. The van der Waals surface area contributed by atoms with Crippen LogP contribution in [0.3, 0.4) is 0 Å². The van der Waals surface area contributed by atoms with Crippen molar-refractivity contribution in [2.24, 2.45) is 0 Å². The van der Waals surface area contributed by atoms with Crippen LogP contribution >= 0.6 is 0 Å². The van der Waals surface area contributed by atoms with Gasteiger partial charge in [0, 0.05) is 31.7 Å². The molecule has 0 atom stereocenters. The third-order valence-electron chi connectivity index (χ3n) is 6.18. The first-order valence-electron chi connectivity index (χ1n) is 10.4. The lowest BCUT2D eigenvalue weighted by Gasteiger charge is -2.35. The highest BCUT2D eigenvalue weighted by Crippen LogP contribution is 2.22. The molecule has 0 saturated carbocycles. The topological polar surface area (TPSA) is 19.0 Å². The third kappa shape index (κ3) is 5.45. The van der Waals surface area contributed by atoms with Gasteiger partial charge in [0.1, 0.15) is 11.9 Å². The highest BCUT2D eigenvalue weighted by Gasteiger charge is 2.22. The number of rotatable bonds is 6. The van der Waals surface area contributed by atoms with Crippen LogP contribution in [0.15, 0.2) is 24.3 Å². The van der Waals surface area contributed by atoms with Gasteiger partial charge < -0.3 is 14.5 Å². The minimum absolute atomic E-state index is 0.373. The van der Waals surface area contributed by atoms with Crippen LogP contribution in [0.2, 0.25) is 0 Å². The first-order valence-corrected chi connectivity index (χ1v) is 10.4. The number of piperidine rings is 2. The maximum Gasteiger partial charge on any atom is 0.119 e. The zero-order valence-electron chi connectivity index (χ0n) is 17.2. The van der Waals surface area contributed by atoms with Crippen LogP contribution in [0, 0.1) is 0 Å². The van der Waals surface area contributed by atoms with Crippen molar-refractivity contribution in [2.75, 3.05) is 40.3 Å². The van der Waals surface area contributed by atoms with Crippen LogP contribution in [-0.2, 0) is 6.54 Å². The molecule has 2 fully saturated rings. The maximum absolute atomic E-state index is 6.23. The Kier molecular flexibility index (Phi) is 6.96. The summed E-state index contributed by atoms with van der Waals surface area (Å²) in [5, 5.41) is 0. The van der Waals surface area contributed by atoms with Gasteiger partial charge in [-0.15, -0.1) is 0 Å². The van der Waals surface area contributed by atoms with Crippen LogP contribution in [0.1, 0.15) is 45.1 Å². The van der Waals surface area contributed by atoms with Crippen molar-refractivity contribution in [1.82, 2.24) is 14.7 Å². The van der Waals surface area contributed by atoms with E-state index in [9.17, 15) is 0 Å². The van der Waals surface area contributed by atoms with Crippen molar-refractivity contribution in [3.63, 3.8) is 0 Å². The third-order valence-corrected chi connectivity index (χ3v) is 6.18. The second kappa shape index (κ2) is 9.20. The number of ether oxygens (including phenoxy) is 1. The number of nitrogens with zero attached hydrogens (tertiary/aromatic N) is 3. The van der Waals surface area contributed by atoms with Gasteiger partial charge in [-0.05, 0) is 84.4 Å². The molecule has 1 aromatic rings. The molecular weight excluding hydrogens is 322 g/mol. The maximum atomic E-state index is 6.23. The molecule has 4 heteroatoms. The zero-order valence-corrected chi connectivity index (χ0v) is 17.2. The van der Waals surface area contributed by atoms with Gasteiger partial charge in [0.2, 0.25) is 0 Å². The summed E-state index contributed by atoms with van der Waals surface area (Å²) in [5.74, 6) is 1.03. The molecule has 146 valence electrons. The summed E-state index contributed by atoms with van der Waals surface area (Å²) in [4.78, 5) is 7.49. The first-order chi connectivity index (χ1) is 12.5. The standard InChI is InChI=1S/C22H37N3O/c1-18(2)25-15-11-22(12-16-25)26-21-7-5-19(6-8-21)17-24(4)20-9-13-23(3)14-10-20/h5-8,18,20,22H,9-17H2,1-4H3. The molecule has 2 heterocycles. The average Bonchev–Trinajstić information content (AvgIpc) is 2.64. The fraction of sp³-hybridized carbons (Fsp3) is 0.727. The molecule has 0 radical (unpaired) electrons. The molecular formula is C22H37N3O. The van der Waals surface area contributed by atoms with Crippen LogP contribution in [0.5, 0.6) is 5.75 Å². The van der Waals surface area contributed by atoms with Crippen LogP contribution < -0.4 is 4.74 Å². The van der Waals surface area contributed by atoms with Crippen molar-refractivity contribution >= 4 is 0 Å². The van der Waals surface area contributed by atoms with Gasteiger partial charge in [0.25, 0.3) is 0 Å². The Morgan fingerprint density at radius 1 is 1.00 bits per heavy atom. The monoisotopic (exact) mass is 359 g/mol. The summed E-state index contributed by atoms with van der Waals surface area (Å²) in [7, 11) is 4.49. The Labute approximate surface area is 160 Å². The SMILES string of the molecule is CC(C)N1CCC(Oc2ccc(CN(C)C3CCN(C)CC3)cc2)CC1. The van der Waals surface area contributed by atoms with Gasteiger partial charge in [-0.3, -0.25) is 4.90 Å². The van der Waals surface area contributed by atoms with Crippen LogP contribution in [-0.4, -0.2) is 73.2 Å². The fourth-order valence-corrected chi connectivity index (χ4v) is 4.23. The number of benzene rings is 1. The molecule has 0 amide bonds. The predicted octanol–water partition coefficient (Wildman–Crippen LogP) is 3.46. The van der Waals surface area contributed by atoms with Crippen LogP contribution in [0.4, 0.5) is 0 Å². The quantitative estimate of drug-likeness (QED) is 0.774. The summed E-state index contributed by atoms with van der Waals surface area (Å²) in [5.41, 5.74) is 1.38. The summed E-state index contributed by atoms with van der Waals surface area (Å²) < 4.78 is 6.23. The predicted molar refractivity (Wildman–Crippen MR) is 109 cm³/mol. The number of hydrogen-bond donors (Lipinski definition) is 0. The van der Waals surface area contributed by atoms with E-state index in [0.717, 1.165) is 38.2 Å². The summed E-state index contributed by atoms with van der Waals surface area (Å²) in [6.07, 6.45) is 5.21. The molecule has 1 aromatic carbocycles. The van der Waals surface area contributed by atoms with Gasteiger partial charge in [-0.2, -0.15) is 0 Å². The molecule has 3 rings (SSSR count). The molecule has 2 aliphatic heterocycles. The highest BCUT2D eigenvalue weighted by atomic mass is 16.5. The van der Waals surface area contributed by atoms with Crippen molar-refractivity contribution in [1.29, 1.82) is 0 Å². The largest absolute Gasteiger partial charge is 0.490 e. The van der Waals surface area contributed by atoms with E-state index >= 15 is 0 Å². The lowest BCUT2D eigenvalue weighted by molar-refractivity contribution is 0.0843. The fourth-order valence-electron chi connectivity index (χ4n) is 4.23. The van der Waals surface area contributed by atoms with E-state index in [1.807, 2.05) is 0 Å². The van der Waals surface area contributed by atoms with E-state index in [4.69, 9.17) is 4.74 Å². The molecule has 0 unspecified atom stereocenters. The molecule has 0 bridgehead atoms. The Morgan fingerprint density at radius 2 is 1.62 bits per heavy atom. The minimum atomic E-state index is 0.373. The molecule has 2 aliphatic rings. The lowest BCUT2D eigenvalue weighted by atomic mass is 10.0. The van der Waals surface area contributed by atoms with Gasteiger partial charge >= 0.3 is 0 Å². The highest BCUT2D eigenvalue weighted by molar-refractivity contribution is 5.27. The van der Waals surface area contributed by atoms with Crippen molar-refractivity contribution in [3.05, 3.63) is 29.8 Å². The number of likely N-dealkylation sites (tertiary alicyclic amines) is 2. The molecule has 2 saturated heterocycles. The average molecular weight is 360 g/mol. The van der Waals surface area contributed by atoms with E-state index < -0.39 is 0 Å². The van der Waals surface area contributed by atoms with E-state index in [-0.39, 0.29) is 0 Å². The van der Waals surface area contributed by atoms with Crippen LogP contribution in [0.25, 0.3) is 0 Å². The zero-order chi connectivity index (χ0) is 18.5. The summed E-state index contributed by atoms with van der Waals surface area (Å²) in [6.45, 7) is 10.3. The lowest BCUT2D eigenvalue weighted by Crippen LogP contribution is -2.41. The molecule has 0 spiro atoms. The molecule has 0 aliphatic carbocycles. The van der Waals surface area contributed by atoms with Gasteiger partial charge in [-0.1, -0.05) is 12.1 Å². The normalized spacial score (nSPS) is 21.6. The Morgan fingerprint density at radius 3 is 2.19 bits per heavy atom. The second-order valence-electron chi connectivity index (χ2n) is 8.54. The Balaban J connectivity index is 1.45. The smallest absolute Gasteiger partial charge is 0.119 e. The van der Waals surface area contributed by atoms with E-state index in [2.05, 4.69) is 66.9 Å². The van der Waals surface area contributed by atoms with E-state index in [1.165, 1.54) is 31.5 Å². The van der Waals surface area contributed by atoms with E-state index in [0.29, 0.717) is 18.2 Å². The van der Waals surface area contributed by atoms with Gasteiger partial charge in [0.05, 0.1) is 0 Å². The summed E-state index contributed by atoms with van der Waals surface area (Å²) >= 11 is 0. The van der Waals surface area contributed by atoms with Crippen molar-refractivity contribution in [2.45, 2.75) is 64.3 Å². The first kappa shape index (κ1) is 19.7.